The topological polar surface area (TPSA) is 131 Å². The Labute approximate surface area is 242 Å². The fourth-order valence-corrected chi connectivity index (χ4v) is 4.00. The zero-order valence-corrected chi connectivity index (χ0v) is 23.0. The lowest BCUT2D eigenvalue weighted by Crippen LogP contribution is -2.26. The van der Waals surface area contributed by atoms with Gasteiger partial charge < -0.3 is 31.9 Å². The van der Waals surface area contributed by atoms with Crippen LogP contribution in [0.15, 0.2) is 76.7 Å². The minimum atomic E-state index is -0.377. The lowest BCUT2D eigenvalue weighted by Gasteiger charge is -2.11. The molecule has 204 valence electrons. The van der Waals surface area contributed by atoms with Crippen LogP contribution in [-0.2, 0) is 0 Å². The summed E-state index contributed by atoms with van der Waals surface area (Å²) in [6.07, 6.45) is 0. The number of nitrogens with zero attached hydrogens (tertiary/aromatic N) is 2. The summed E-state index contributed by atoms with van der Waals surface area (Å²) in [7, 11) is 0. The Morgan fingerprint density at radius 1 is 0.641 bits per heavy atom. The summed E-state index contributed by atoms with van der Waals surface area (Å²) in [6.45, 7) is 3.12. The quantitative estimate of drug-likeness (QED) is 0.252. The lowest BCUT2D eigenvalue weighted by molar-refractivity contribution is 0.102. The average molecular weight is 590 g/mol. The van der Waals surface area contributed by atoms with E-state index in [2.05, 4.69) is 41.9 Å². The van der Waals surface area contributed by atoms with E-state index in [0.717, 1.165) is 49.5 Å². The van der Waals surface area contributed by atoms with Gasteiger partial charge >= 0.3 is 0 Å². The number of carbonyl (C=O) groups excluding carboxylic acids is 2. The second kappa shape index (κ2) is 13.7. The molecule has 0 atom stereocenters. The van der Waals surface area contributed by atoms with Gasteiger partial charge in [-0.25, -0.2) is 0 Å². The normalized spacial score (nSPS) is 13.4. The average Bonchev–Trinajstić information content (AvgIpc) is 3.61. The summed E-state index contributed by atoms with van der Waals surface area (Å²) >= 11 is 6.24. The van der Waals surface area contributed by atoms with Gasteiger partial charge in [-0.2, -0.15) is 0 Å². The lowest BCUT2D eigenvalue weighted by atomic mass is 10.1. The molecule has 2 amide bonds. The van der Waals surface area contributed by atoms with Crippen LogP contribution >= 0.6 is 36.4 Å². The molecule has 3 aromatic carbocycles. The van der Waals surface area contributed by atoms with Crippen molar-refractivity contribution in [3.05, 3.63) is 82.9 Å². The number of rotatable bonds is 6. The molecule has 2 aliphatic rings. The van der Waals surface area contributed by atoms with Crippen molar-refractivity contribution in [2.75, 3.05) is 47.4 Å². The second-order valence-corrected chi connectivity index (χ2v) is 8.79. The highest BCUT2D eigenvalue weighted by atomic mass is 35.5. The molecular weight excluding hydrogens is 563 g/mol. The molecule has 39 heavy (non-hydrogen) atoms. The zero-order valence-electron chi connectivity index (χ0n) is 20.6. The molecule has 0 aliphatic carbocycles. The molecule has 5 rings (SSSR count). The number of nitrogens with one attached hydrogen (secondary N) is 6. The SMILES string of the molecule is Cl.Cl.O=C(Nc1ccc(NC2=NCCN2)cc1)c1cc(Cl)cc(C(=O)Nc2ccc(NC3=NCCN3)cc2)c1. The Morgan fingerprint density at radius 3 is 1.38 bits per heavy atom. The minimum absolute atomic E-state index is 0. The van der Waals surface area contributed by atoms with Crippen molar-refractivity contribution >= 4 is 82.9 Å². The Kier molecular flexibility index (Phi) is 10.4. The maximum Gasteiger partial charge on any atom is 0.255 e. The summed E-state index contributed by atoms with van der Waals surface area (Å²) in [6, 6.07) is 19.0. The zero-order chi connectivity index (χ0) is 25.6. The van der Waals surface area contributed by atoms with E-state index in [1.54, 1.807) is 24.3 Å². The highest BCUT2D eigenvalue weighted by Gasteiger charge is 2.14. The van der Waals surface area contributed by atoms with Crippen LogP contribution in [0, 0.1) is 0 Å². The molecule has 0 saturated carbocycles. The van der Waals surface area contributed by atoms with E-state index < -0.39 is 0 Å². The molecule has 0 spiro atoms. The summed E-state index contributed by atoms with van der Waals surface area (Å²) in [5, 5.41) is 18.6. The van der Waals surface area contributed by atoms with Gasteiger partial charge in [0, 0.05) is 52.0 Å². The molecule has 6 N–H and O–H groups in total. The number of anilines is 4. The van der Waals surface area contributed by atoms with E-state index in [9.17, 15) is 9.59 Å². The van der Waals surface area contributed by atoms with Crippen molar-refractivity contribution < 1.29 is 9.59 Å². The Hall–Kier alpha value is -3.99. The molecule has 2 aliphatic heterocycles. The smallest absolute Gasteiger partial charge is 0.255 e. The van der Waals surface area contributed by atoms with Crippen LogP contribution in [0.4, 0.5) is 22.7 Å². The number of halogens is 3. The minimum Gasteiger partial charge on any atom is -0.354 e. The molecular formula is C26H27Cl3N8O2. The van der Waals surface area contributed by atoms with Crippen molar-refractivity contribution in [3.63, 3.8) is 0 Å². The summed E-state index contributed by atoms with van der Waals surface area (Å²) in [5.41, 5.74) is 3.45. The predicted octanol–water partition coefficient (Wildman–Crippen LogP) is 4.43. The van der Waals surface area contributed by atoms with Crippen LogP contribution in [0.2, 0.25) is 5.02 Å². The van der Waals surface area contributed by atoms with Gasteiger partial charge in [0.05, 0.1) is 13.1 Å². The number of carbonyl (C=O) groups is 2. The molecule has 2 heterocycles. The molecule has 0 bridgehead atoms. The molecule has 0 aromatic heterocycles. The van der Waals surface area contributed by atoms with Crippen LogP contribution in [0.5, 0.6) is 0 Å². The molecule has 10 nitrogen and oxygen atoms in total. The highest BCUT2D eigenvalue weighted by Crippen LogP contribution is 2.20. The largest absolute Gasteiger partial charge is 0.354 e. The summed E-state index contributed by atoms with van der Waals surface area (Å²) in [5.74, 6) is 0.701. The first kappa shape index (κ1) is 29.6. The van der Waals surface area contributed by atoms with Gasteiger partial charge in [-0.3, -0.25) is 19.6 Å². The van der Waals surface area contributed by atoms with Crippen molar-refractivity contribution in [3.8, 4) is 0 Å². The second-order valence-electron chi connectivity index (χ2n) is 8.36. The third-order valence-electron chi connectivity index (χ3n) is 5.58. The number of benzene rings is 3. The van der Waals surface area contributed by atoms with Gasteiger partial charge in [0.1, 0.15) is 0 Å². The number of hydrogen-bond acceptors (Lipinski definition) is 8. The predicted molar refractivity (Wildman–Crippen MR) is 163 cm³/mol. The van der Waals surface area contributed by atoms with Crippen LogP contribution in [-0.4, -0.2) is 49.9 Å². The summed E-state index contributed by atoms with van der Waals surface area (Å²) in [4.78, 5) is 34.3. The van der Waals surface area contributed by atoms with E-state index in [1.807, 2.05) is 24.3 Å². The summed E-state index contributed by atoms with van der Waals surface area (Å²) < 4.78 is 0. The third kappa shape index (κ3) is 8.00. The van der Waals surface area contributed by atoms with Gasteiger partial charge in [-0.1, -0.05) is 11.6 Å². The first-order valence-corrected chi connectivity index (χ1v) is 12.1. The van der Waals surface area contributed by atoms with Gasteiger partial charge in [0.25, 0.3) is 11.8 Å². The van der Waals surface area contributed by atoms with E-state index in [4.69, 9.17) is 11.6 Å². The van der Waals surface area contributed by atoms with Crippen LogP contribution in [0.3, 0.4) is 0 Å². The molecule has 0 radical (unpaired) electrons. The maximum atomic E-state index is 12.9. The Bertz CT molecular complexity index is 1280. The van der Waals surface area contributed by atoms with Gasteiger partial charge in [0.2, 0.25) is 0 Å². The number of guanidine groups is 2. The van der Waals surface area contributed by atoms with E-state index >= 15 is 0 Å². The van der Waals surface area contributed by atoms with Crippen LogP contribution in [0.1, 0.15) is 20.7 Å². The van der Waals surface area contributed by atoms with Crippen LogP contribution in [0.25, 0.3) is 0 Å². The van der Waals surface area contributed by atoms with Crippen LogP contribution < -0.4 is 31.9 Å². The molecule has 0 saturated heterocycles. The van der Waals surface area contributed by atoms with E-state index in [0.29, 0.717) is 11.4 Å². The first-order chi connectivity index (χ1) is 18.0. The first-order valence-electron chi connectivity index (χ1n) is 11.8. The standard InChI is InChI=1S/C26H25ClN8O2.2ClH/c27-18-14-16(23(36)32-19-1-5-21(6-2-19)34-25-28-9-10-29-25)13-17(15-18)24(37)33-20-3-7-22(8-4-20)35-26-30-11-12-31-26;;/h1-8,13-15H,9-12H2,(H,32,36)(H,33,37)(H2,28,29,34)(H2,30,31,35);2*1H. The maximum absolute atomic E-state index is 12.9. The number of aliphatic imine (C=N–C) groups is 2. The Balaban J connectivity index is 0.00000210. The fraction of sp³-hybridized carbons (Fsp3) is 0.154. The van der Waals surface area contributed by atoms with Gasteiger partial charge in [-0.05, 0) is 66.7 Å². The monoisotopic (exact) mass is 588 g/mol. The van der Waals surface area contributed by atoms with Gasteiger partial charge in [-0.15, -0.1) is 24.8 Å². The van der Waals surface area contributed by atoms with E-state index in [-0.39, 0.29) is 52.8 Å². The molecule has 3 aromatic rings. The molecule has 0 unspecified atom stereocenters. The molecule has 0 fully saturated rings. The fourth-order valence-electron chi connectivity index (χ4n) is 3.77. The van der Waals surface area contributed by atoms with Crippen molar-refractivity contribution in [2.24, 2.45) is 9.98 Å². The third-order valence-corrected chi connectivity index (χ3v) is 5.80. The van der Waals surface area contributed by atoms with E-state index in [1.165, 1.54) is 18.2 Å². The number of hydrogen-bond donors (Lipinski definition) is 6. The van der Waals surface area contributed by atoms with Gasteiger partial charge in [0.15, 0.2) is 11.9 Å². The van der Waals surface area contributed by atoms with Crippen molar-refractivity contribution in [2.45, 2.75) is 0 Å². The number of amides is 2. The molecule has 13 heteroatoms. The highest BCUT2D eigenvalue weighted by molar-refractivity contribution is 6.31. The Morgan fingerprint density at radius 2 is 1.03 bits per heavy atom. The van der Waals surface area contributed by atoms with Crippen molar-refractivity contribution in [1.29, 1.82) is 0 Å². The van der Waals surface area contributed by atoms with Crippen molar-refractivity contribution in [1.82, 2.24) is 10.6 Å².